The first-order valence-corrected chi connectivity index (χ1v) is 7.61. The lowest BCUT2D eigenvalue weighted by Gasteiger charge is -2.36. The summed E-state index contributed by atoms with van der Waals surface area (Å²) >= 11 is 0. The molecule has 1 N–H and O–H groups in total. The fraction of sp³-hybridized carbons (Fsp3) is 0.294. The highest BCUT2D eigenvalue weighted by molar-refractivity contribution is 5.88. The summed E-state index contributed by atoms with van der Waals surface area (Å²) in [6, 6.07) is 10.6. The van der Waals surface area contributed by atoms with E-state index in [9.17, 15) is 9.18 Å². The van der Waals surface area contributed by atoms with Gasteiger partial charge in [0.1, 0.15) is 11.6 Å². The van der Waals surface area contributed by atoms with Crippen molar-refractivity contribution in [2.75, 3.05) is 41.3 Å². The molecule has 1 aliphatic heterocycles. The van der Waals surface area contributed by atoms with Crippen molar-refractivity contribution in [1.82, 2.24) is 4.98 Å². The van der Waals surface area contributed by atoms with E-state index in [0.717, 1.165) is 32.0 Å². The van der Waals surface area contributed by atoms with Crippen LogP contribution in [0.3, 0.4) is 0 Å². The lowest BCUT2D eigenvalue weighted by Crippen LogP contribution is -2.47. The number of carbonyl (C=O) groups excluding carboxylic acids is 1. The molecular formula is C17H19FN4O. The fourth-order valence-corrected chi connectivity index (χ4v) is 2.73. The minimum atomic E-state index is -0.182. The van der Waals surface area contributed by atoms with E-state index in [1.807, 2.05) is 24.3 Å². The number of nitrogens with zero attached hydrogens (tertiary/aromatic N) is 3. The maximum Gasteiger partial charge on any atom is 0.221 e. The summed E-state index contributed by atoms with van der Waals surface area (Å²) in [4.78, 5) is 19.6. The van der Waals surface area contributed by atoms with Crippen LogP contribution < -0.4 is 15.1 Å². The highest BCUT2D eigenvalue weighted by Crippen LogP contribution is 2.22. The third-order valence-electron chi connectivity index (χ3n) is 3.87. The first-order valence-electron chi connectivity index (χ1n) is 7.61. The molecule has 0 radical (unpaired) electrons. The van der Waals surface area contributed by atoms with Gasteiger partial charge in [0, 0.05) is 33.1 Å². The van der Waals surface area contributed by atoms with Crippen molar-refractivity contribution in [3.63, 3.8) is 0 Å². The number of hydrogen-bond donors (Lipinski definition) is 1. The average Bonchev–Trinajstić information content (AvgIpc) is 2.56. The van der Waals surface area contributed by atoms with Crippen molar-refractivity contribution in [3.05, 3.63) is 48.4 Å². The van der Waals surface area contributed by atoms with E-state index in [1.54, 1.807) is 12.3 Å². The van der Waals surface area contributed by atoms with Gasteiger partial charge in [-0.2, -0.15) is 0 Å². The fourth-order valence-electron chi connectivity index (χ4n) is 2.73. The van der Waals surface area contributed by atoms with Crippen molar-refractivity contribution in [2.24, 2.45) is 0 Å². The Morgan fingerprint density at radius 2 is 1.78 bits per heavy atom. The van der Waals surface area contributed by atoms with Crippen LogP contribution in [-0.2, 0) is 4.79 Å². The molecule has 0 bridgehead atoms. The van der Waals surface area contributed by atoms with Crippen molar-refractivity contribution < 1.29 is 9.18 Å². The third kappa shape index (κ3) is 3.59. The SMILES string of the molecule is CC(=O)Nc1ccc(N2CCN(c3ccccc3F)CC2)nc1. The quantitative estimate of drug-likeness (QED) is 0.946. The molecule has 0 unspecified atom stereocenters. The molecule has 1 amide bonds. The van der Waals surface area contributed by atoms with E-state index >= 15 is 0 Å². The van der Waals surface area contributed by atoms with E-state index in [2.05, 4.69) is 20.1 Å². The van der Waals surface area contributed by atoms with E-state index in [4.69, 9.17) is 0 Å². The number of para-hydroxylation sites is 1. The molecule has 1 aromatic heterocycles. The van der Waals surface area contributed by atoms with Crippen LogP contribution in [0.5, 0.6) is 0 Å². The molecule has 1 aliphatic rings. The third-order valence-corrected chi connectivity index (χ3v) is 3.87. The second-order valence-corrected chi connectivity index (χ2v) is 5.51. The van der Waals surface area contributed by atoms with Gasteiger partial charge in [-0.25, -0.2) is 9.37 Å². The minimum Gasteiger partial charge on any atom is -0.366 e. The summed E-state index contributed by atoms with van der Waals surface area (Å²) < 4.78 is 13.8. The maximum atomic E-state index is 13.8. The number of carbonyl (C=O) groups is 1. The molecule has 3 rings (SSSR count). The molecule has 0 saturated carbocycles. The first kappa shape index (κ1) is 15.3. The Bertz CT molecular complexity index is 681. The highest BCUT2D eigenvalue weighted by atomic mass is 19.1. The maximum absolute atomic E-state index is 13.8. The van der Waals surface area contributed by atoms with Gasteiger partial charge >= 0.3 is 0 Å². The molecule has 5 nitrogen and oxygen atoms in total. The molecule has 1 saturated heterocycles. The summed E-state index contributed by atoms with van der Waals surface area (Å²) in [6.07, 6.45) is 1.65. The minimum absolute atomic E-state index is 0.113. The Balaban J connectivity index is 1.62. The predicted octanol–water partition coefficient (Wildman–Crippen LogP) is 2.51. The van der Waals surface area contributed by atoms with Gasteiger partial charge in [-0.1, -0.05) is 12.1 Å². The van der Waals surface area contributed by atoms with Crippen LogP contribution in [-0.4, -0.2) is 37.1 Å². The molecule has 0 spiro atoms. The zero-order valence-electron chi connectivity index (χ0n) is 13.0. The van der Waals surface area contributed by atoms with Gasteiger partial charge in [0.2, 0.25) is 5.91 Å². The van der Waals surface area contributed by atoms with Crippen LogP contribution in [0.2, 0.25) is 0 Å². The number of hydrogen-bond acceptors (Lipinski definition) is 4. The topological polar surface area (TPSA) is 48.5 Å². The van der Waals surface area contributed by atoms with Crippen LogP contribution in [0.4, 0.5) is 21.6 Å². The summed E-state index contributed by atoms with van der Waals surface area (Å²) in [6.45, 7) is 4.52. The molecule has 2 heterocycles. The molecule has 0 aliphatic carbocycles. The number of anilines is 3. The van der Waals surface area contributed by atoms with Crippen LogP contribution >= 0.6 is 0 Å². The number of pyridine rings is 1. The Morgan fingerprint density at radius 3 is 2.39 bits per heavy atom. The molecular weight excluding hydrogens is 295 g/mol. The van der Waals surface area contributed by atoms with Crippen molar-refractivity contribution in [3.8, 4) is 0 Å². The van der Waals surface area contributed by atoms with Gasteiger partial charge in [-0.05, 0) is 24.3 Å². The van der Waals surface area contributed by atoms with Crippen LogP contribution in [0, 0.1) is 5.82 Å². The summed E-state index contributed by atoms with van der Waals surface area (Å²) in [5, 5.41) is 2.70. The molecule has 120 valence electrons. The number of rotatable bonds is 3. The summed E-state index contributed by atoms with van der Waals surface area (Å²) in [5.74, 6) is 0.573. The zero-order chi connectivity index (χ0) is 16.2. The van der Waals surface area contributed by atoms with Crippen molar-refractivity contribution in [1.29, 1.82) is 0 Å². The number of nitrogens with one attached hydrogen (secondary N) is 1. The molecule has 2 aromatic rings. The number of halogens is 1. The highest BCUT2D eigenvalue weighted by Gasteiger charge is 2.20. The van der Waals surface area contributed by atoms with Gasteiger partial charge < -0.3 is 15.1 Å². The van der Waals surface area contributed by atoms with Crippen molar-refractivity contribution >= 4 is 23.1 Å². The van der Waals surface area contributed by atoms with Gasteiger partial charge in [0.25, 0.3) is 0 Å². The van der Waals surface area contributed by atoms with E-state index < -0.39 is 0 Å². The Hall–Kier alpha value is -2.63. The van der Waals surface area contributed by atoms with Gasteiger partial charge in [0.15, 0.2) is 0 Å². The van der Waals surface area contributed by atoms with Gasteiger partial charge in [0.05, 0.1) is 17.6 Å². The Kier molecular flexibility index (Phi) is 4.41. The monoisotopic (exact) mass is 314 g/mol. The van der Waals surface area contributed by atoms with Crippen molar-refractivity contribution in [2.45, 2.75) is 6.92 Å². The average molecular weight is 314 g/mol. The van der Waals surface area contributed by atoms with E-state index in [1.165, 1.54) is 13.0 Å². The number of aromatic nitrogens is 1. The smallest absolute Gasteiger partial charge is 0.221 e. The Labute approximate surface area is 134 Å². The lowest BCUT2D eigenvalue weighted by atomic mass is 10.2. The Morgan fingerprint density at radius 1 is 1.09 bits per heavy atom. The van der Waals surface area contributed by atoms with Crippen LogP contribution in [0.1, 0.15) is 6.92 Å². The first-order chi connectivity index (χ1) is 11.1. The number of amides is 1. The standard InChI is InChI=1S/C17H19FN4O/c1-13(23)20-14-6-7-17(19-12-14)22-10-8-21(9-11-22)16-5-3-2-4-15(16)18/h2-7,12H,8-11H2,1H3,(H,20,23). The van der Waals surface area contributed by atoms with Crippen LogP contribution in [0.15, 0.2) is 42.6 Å². The number of benzene rings is 1. The molecule has 1 fully saturated rings. The largest absolute Gasteiger partial charge is 0.366 e. The molecule has 6 heteroatoms. The summed E-state index contributed by atoms with van der Waals surface area (Å²) in [7, 11) is 0. The normalized spacial score (nSPS) is 14.7. The molecule has 1 aromatic carbocycles. The zero-order valence-corrected chi connectivity index (χ0v) is 13.0. The predicted molar refractivity (Wildman–Crippen MR) is 89.4 cm³/mol. The molecule has 23 heavy (non-hydrogen) atoms. The van der Waals surface area contributed by atoms with Gasteiger partial charge in [-0.3, -0.25) is 4.79 Å². The molecule has 0 atom stereocenters. The van der Waals surface area contributed by atoms with Crippen LogP contribution in [0.25, 0.3) is 0 Å². The van der Waals surface area contributed by atoms with E-state index in [0.29, 0.717) is 11.4 Å². The van der Waals surface area contributed by atoms with Gasteiger partial charge in [-0.15, -0.1) is 0 Å². The van der Waals surface area contributed by atoms with E-state index in [-0.39, 0.29) is 11.7 Å². The second kappa shape index (κ2) is 6.64. The number of piperazine rings is 1. The second-order valence-electron chi connectivity index (χ2n) is 5.51. The lowest BCUT2D eigenvalue weighted by molar-refractivity contribution is -0.114. The summed E-state index contributed by atoms with van der Waals surface area (Å²) in [5.41, 5.74) is 1.34.